The van der Waals surface area contributed by atoms with Gasteiger partial charge in [-0.3, -0.25) is 0 Å². The van der Waals surface area contributed by atoms with Crippen LogP contribution in [0.5, 0.6) is 0 Å². The molecule has 1 aliphatic rings. The van der Waals surface area contributed by atoms with E-state index in [1.165, 1.54) is 5.57 Å². The molecule has 0 aromatic carbocycles. The predicted molar refractivity (Wildman–Crippen MR) is 57.3 cm³/mol. The SMILES string of the molecule is C=C1CN(c2ccc(C(=O)O)c(C)n2)C1. The highest BCUT2D eigenvalue weighted by Crippen LogP contribution is 2.22. The van der Waals surface area contributed by atoms with Gasteiger partial charge in [-0.2, -0.15) is 0 Å². The summed E-state index contributed by atoms with van der Waals surface area (Å²) >= 11 is 0. The van der Waals surface area contributed by atoms with E-state index in [1.54, 1.807) is 19.1 Å². The van der Waals surface area contributed by atoms with Gasteiger partial charge in [0, 0.05) is 13.1 Å². The molecule has 0 atom stereocenters. The Hall–Kier alpha value is -1.84. The summed E-state index contributed by atoms with van der Waals surface area (Å²) in [4.78, 5) is 17.1. The molecular formula is C11H12N2O2. The Morgan fingerprint density at radius 2 is 2.20 bits per heavy atom. The molecule has 4 nitrogen and oxygen atoms in total. The van der Waals surface area contributed by atoms with E-state index < -0.39 is 5.97 Å². The molecule has 0 radical (unpaired) electrons. The molecule has 1 aromatic heterocycles. The maximum Gasteiger partial charge on any atom is 0.337 e. The number of hydrogen-bond donors (Lipinski definition) is 1. The fourth-order valence-corrected chi connectivity index (χ4v) is 1.61. The highest BCUT2D eigenvalue weighted by Gasteiger charge is 2.20. The van der Waals surface area contributed by atoms with Crippen molar-refractivity contribution in [2.75, 3.05) is 18.0 Å². The zero-order valence-corrected chi connectivity index (χ0v) is 8.53. The number of pyridine rings is 1. The van der Waals surface area contributed by atoms with E-state index in [2.05, 4.69) is 16.5 Å². The standard InChI is InChI=1S/C11H12N2O2/c1-7-5-13(6-7)10-4-3-9(11(14)15)8(2)12-10/h3-4H,1,5-6H2,2H3,(H,14,15). The number of aromatic nitrogens is 1. The van der Waals surface area contributed by atoms with Crippen LogP contribution in [0.25, 0.3) is 0 Å². The fraction of sp³-hybridized carbons (Fsp3) is 0.273. The van der Waals surface area contributed by atoms with E-state index in [0.29, 0.717) is 5.69 Å². The van der Waals surface area contributed by atoms with Gasteiger partial charge in [0.25, 0.3) is 0 Å². The third kappa shape index (κ3) is 1.70. The predicted octanol–water partition coefficient (Wildman–Crippen LogP) is 1.46. The Balaban J connectivity index is 2.26. The van der Waals surface area contributed by atoms with Gasteiger partial charge >= 0.3 is 5.97 Å². The lowest BCUT2D eigenvalue weighted by Gasteiger charge is -2.34. The molecule has 0 bridgehead atoms. The number of rotatable bonds is 2. The summed E-state index contributed by atoms with van der Waals surface area (Å²) in [6, 6.07) is 3.34. The summed E-state index contributed by atoms with van der Waals surface area (Å²) in [5, 5.41) is 8.84. The van der Waals surface area contributed by atoms with Crippen molar-refractivity contribution in [1.82, 2.24) is 4.98 Å². The Bertz CT molecular complexity index is 432. The lowest BCUT2D eigenvalue weighted by Crippen LogP contribution is -2.40. The molecule has 0 aliphatic carbocycles. The first-order valence-electron chi connectivity index (χ1n) is 4.70. The van der Waals surface area contributed by atoms with Gasteiger partial charge < -0.3 is 10.0 Å². The molecule has 0 spiro atoms. The van der Waals surface area contributed by atoms with Crippen LogP contribution in [0.15, 0.2) is 24.3 Å². The number of carboxylic acids is 1. The monoisotopic (exact) mass is 204 g/mol. The van der Waals surface area contributed by atoms with Crippen LogP contribution < -0.4 is 4.90 Å². The number of aryl methyl sites for hydroxylation is 1. The highest BCUT2D eigenvalue weighted by atomic mass is 16.4. The molecule has 1 N–H and O–H groups in total. The molecule has 78 valence electrons. The first-order valence-corrected chi connectivity index (χ1v) is 4.70. The lowest BCUT2D eigenvalue weighted by molar-refractivity contribution is 0.0695. The minimum atomic E-state index is -0.931. The normalized spacial score (nSPS) is 15.0. The van der Waals surface area contributed by atoms with Crippen LogP contribution in [0.3, 0.4) is 0 Å². The molecule has 2 rings (SSSR count). The molecule has 0 unspecified atom stereocenters. The van der Waals surface area contributed by atoms with Crippen molar-refractivity contribution in [3.05, 3.63) is 35.5 Å². The molecule has 2 heterocycles. The Morgan fingerprint density at radius 3 is 2.67 bits per heavy atom. The van der Waals surface area contributed by atoms with E-state index in [1.807, 2.05) is 0 Å². The summed E-state index contributed by atoms with van der Waals surface area (Å²) in [5.41, 5.74) is 1.99. The Kier molecular flexibility index (Phi) is 2.19. The summed E-state index contributed by atoms with van der Waals surface area (Å²) < 4.78 is 0. The Morgan fingerprint density at radius 1 is 1.53 bits per heavy atom. The molecule has 15 heavy (non-hydrogen) atoms. The zero-order valence-electron chi connectivity index (χ0n) is 8.53. The van der Waals surface area contributed by atoms with E-state index in [9.17, 15) is 4.79 Å². The van der Waals surface area contributed by atoms with E-state index in [-0.39, 0.29) is 5.56 Å². The molecule has 1 saturated heterocycles. The van der Waals surface area contributed by atoms with Crippen molar-refractivity contribution in [3.63, 3.8) is 0 Å². The van der Waals surface area contributed by atoms with E-state index >= 15 is 0 Å². The summed E-state index contributed by atoms with van der Waals surface area (Å²) in [6.07, 6.45) is 0. The van der Waals surface area contributed by atoms with Crippen molar-refractivity contribution in [1.29, 1.82) is 0 Å². The number of carbonyl (C=O) groups is 1. The molecular weight excluding hydrogens is 192 g/mol. The van der Waals surface area contributed by atoms with Crippen LogP contribution in [0.1, 0.15) is 16.1 Å². The fourth-order valence-electron chi connectivity index (χ4n) is 1.61. The van der Waals surface area contributed by atoms with Gasteiger partial charge in [0.2, 0.25) is 0 Å². The van der Waals surface area contributed by atoms with Crippen molar-refractivity contribution in [2.24, 2.45) is 0 Å². The number of carboxylic acid groups (broad SMARTS) is 1. The summed E-state index contributed by atoms with van der Waals surface area (Å²) in [7, 11) is 0. The van der Waals surface area contributed by atoms with Gasteiger partial charge in [0.1, 0.15) is 5.82 Å². The van der Waals surface area contributed by atoms with Crippen LogP contribution >= 0.6 is 0 Å². The van der Waals surface area contributed by atoms with Gasteiger partial charge in [-0.05, 0) is 24.6 Å². The molecule has 4 heteroatoms. The smallest absolute Gasteiger partial charge is 0.337 e. The largest absolute Gasteiger partial charge is 0.478 e. The quantitative estimate of drug-likeness (QED) is 0.741. The number of anilines is 1. The molecule has 1 aromatic rings. The molecule has 0 saturated carbocycles. The topological polar surface area (TPSA) is 53.4 Å². The molecule has 0 amide bonds. The number of hydrogen-bond acceptors (Lipinski definition) is 3. The number of nitrogens with zero attached hydrogens (tertiary/aromatic N) is 2. The lowest BCUT2D eigenvalue weighted by atomic mass is 10.1. The molecule has 1 fully saturated rings. The Labute approximate surface area is 87.9 Å². The molecule has 1 aliphatic heterocycles. The number of aromatic carboxylic acids is 1. The third-order valence-electron chi connectivity index (χ3n) is 2.45. The van der Waals surface area contributed by atoms with Gasteiger partial charge in [0.05, 0.1) is 11.3 Å². The van der Waals surface area contributed by atoms with Gasteiger partial charge in [-0.25, -0.2) is 9.78 Å². The second-order valence-corrected chi connectivity index (χ2v) is 3.71. The minimum Gasteiger partial charge on any atom is -0.478 e. The van der Waals surface area contributed by atoms with E-state index in [0.717, 1.165) is 18.9 Å². The first-order chi connectivity index (χ1) is 7.08. The third-order valence-corrected chi connectivity index (χ3v) is 2.45. The highest BCUT2D eigenvalue weighted by molar-refractivity contribution is 5.89. The van der Waals surface area contributed by atoms with Crippen molar-refractivity contribution in [2.45, 2.75) is 6.92 Å². The summed E-state index contributed by atoms with van der Waals surface area (Å²) in [6.45, 7) is 7.19. The van der Waals surface area contributed by atoms with Gasteiger partial charge in [-0.1, -0.05) is 6.58 Å². The van der Waals surface area contributed by atoms with Crippen LogP contribution in [-0.4, -0.2) is 29.1 Å². The summed E-state index contributed by atoms with van der Waals surface area (Å²) in [5.74, 6) is -0.107. The maximum absolute atomic E-state index is 10.8. The maximum atomic E-state index is 10.8. The van der Waals surface area contributed by atoms with Crippen molar-refractivity contribution < 1.29 is 9.90 Å². The van der Waals surface area contributed by atoms with Crippen molar-refractivity contribution >= 4 is 11.8 Å². The van der Waals surface area contributed by atoms with Crippen LogP contribution in [0.2, 0.25) is 0 Å². The minimum absolute atomic E-state index is 0.262. The van der Waals surface area contributed by atoms with E-state index in [4.69, 9.17) is 5.11 Å². The van der Waals surface area contributed by atoms with Gasteiger partial charge in [-0.15, -0.1) is 0 Å². The van der Waals surface area contributed by atoms with Crippen LogP contribution in [0.4, 0.5) is 5.82 Å². The second-order valence-electron chi connectivity index (χ2n) is 3.71. The van der Waals surface area contributed by atoms with Crippen LogP contribution in [-0.2, 0) is 0 Å². The van der Waals surface area contributed by atoms with Crippen molar-refractivity contribution in [3.8, 4) is 0 Å². The first kappa shape index (κ1) is 9.71. The average molecular weight is 204 g/mol. The zero-order chi connectivity index (χ0) is 11.0. The average Bonchev–Trinajstić information content (AvgIpc) is 2.12. The van der Waals surface area contributed by atoms with Crippen LogP contribution in [0, 0.1) is 6.92 Å². The second kappa shape index (κ2) is 3.38. The van der Waals surface area contributed by atoms with Gasteiger partial charge in [0.15, 0.2) is 0 Å².